The fourth-order valence-electron chi connectivity index (χ4n) is 0.738. The third kappa shape index (κ3) is 1.56. The van der Waals surface area contributed by atoms with Crippen molar-refractivity contribution >= 4 is 11.8 Å². The van der Waals surface area contributed by atoms with Crippen LogP contribution >= 0.6 is 0 Å². The molecule has 0 aliphatic rings. The molecule has 0 radical (unpaired) electrons. The van der Waals surface area contributed by atoms with Crippen molar-refractivity contribution in [2.24, 2.45) is 5.73 Å². The maximum Gasteiger partial charge on any atom is 0.0569 e. The molecule has 11 heavy (non-hydrogen) atoms. The van der Waals surface area contributed by atoms with Crippen LogP contribution in [-0.4, -0.2) is 16.3 Å². The molecule has 0 spiro atoms. The second kappa shape index (κ2) is 3.16. The second-order valence-corrected chi connectivity index (χ2v) is 2.20. The lowest BCUT2D eigenvalue weighted by atomic mass is 10.2. The average Bonchev–Trinajstić information content (AvgIpc) is 2.50. The summed E-state index contributed by atoms with van der Waals surface area (Å²) in [5.41, 5.74) is 7.24. The largest absolute Gasteiger partial charge is 0.326 e. The summed E-state index contributed by atoms with van der Waals surface area (Å²) < 4.78 is 1.62. The lowest BCUT2D eigenvalue weighted by Crippen LogP contribution is -1.99. The van der Waals surface area contributed by atoms with Crippen molar-refractivity contribution in [3.63, 3.8) is 0 Å². The van der Waals surface area contributed by atoms with E-state index < -0.39 is 0 Å². The zero-order valence-electron chi connectivity index (χ0n) is 6.33. The summed E-state index contributed by atoms with van der Waals surface area (Å²) in [6.45, 7) is 7.81. The topological polar surface area (TPSA) is 43.8 Å². The highest BCUT2D eigenvalue weighted by Gasteiger charge is 1.97. The van der Waals surface area contributed by atoms with Gasteiger partial charge >= 0.3 is 0 Å². The van der Waals surface area contributed by atoms with E-state index in [4.69, 9.17) is 5.73 Å². The molecule has 0 fully saturated rings. The van der Waals surface area contributed by atoms with Gasteiger partial charge in [0.1, 0.15) is 0 Å². The van der Waals surface area contributed by atoms with E-state index >= 15 is 0 Å². The highest BCUT2D eigenvalue weighted by atomic mass is 15.2. The average molecular weight is 149 g/mol. The fraction of sp³-hybridized carbons (Fsp3) is 0.125. The zero-order chi connectivity index (χ0) is 8.27. The molecule has 3 heteroatoms. The van der Waals surface area contributed by atoms with Gasteiger partial charge in [0.05, 0.1) is 6.20 Å². The molecule has 1 aromatic heterocycles. The Kier molecular flexibility index (Phi) is 2.23. The smallest absolute Gasteiger partial charge is 0.0569 e. The van der Waals surface area contributed by atoms with E-state index in [9.17, 15) is 0 Å². The SMILES string of the molecule is C=Cn1cc(C(=C)CN)cn1. The minimum absolute atomic E-state index is 0.461. The summed E-state index contributed by atoms with van der Waals surface area (Å²) in [4.78, 5) is 0. The van der Waals surface area contributed by atoms with Gasteiger partial charge in [-0.05, 0) is 5.57 Å². The van der Waals surface area contributed by atoms with Gasteiger partial charge in [0.25, 0.3) is 0 Å². The molecule has 58 valence electrons. The van der Waals surface area contributed by atoms with Gasteiger partial charge in [-0.3, -0.25) is 0 Å². The summed E-state index contributed by atoms with van der Waals surface area (Å²) in [6, 6.07) is 0. The first-order chi connectivity index (χ1) is 5.27. The number of nitrogens with zero attached hydrogens (tertiary/aromatic N) is 2. The van der Waals surface area contributed by atoms with E-state index in [1.54, 1.807) is 17.1 Å². The Hall–Kier alpha value is -1.35. The first-order valence-corrected chi connectivity index (χ1v) is 3.33. The van der Waals surface area contributed by atoms with Crippen LogP contribution in [-0.2, 0) is 0 Å². The van der Waals surface area contributed by atoms with Crippen LogP contribution in [0.4, 0.5) is 0 Å². The molecular weight excluding hydrogens is 138 g/mol. The highest BCUT2D eigenvalue weighted by molar-refractivity contribution is 5.63. The van der Waals surface area contributed by atoms with E-state index in [-0.39, 0.29) is 0 Å². The predicted octanol–water partition coefficient (Wildman–Crippen LogP) is 0.956. The normalized spacial score (nSPS) is 9.55. The van der Waals surface area contributed by atoms with Crippen LogP contribution in [0.5, 0.6) is 0 Å². The van der Waals surface area contributed by atoms with Gasteiger partial charge in [-0.1, -0.05) is 13.2 Å². The van der Waals surface area contributed by atoms with Crippen molar-refractivity contribution in [1.82, 2.24) is 9.78 Å². The van der Waals surface area contributed by atoms with Gasteiger partial charge in [0.15, 0.2) is 0 Å². The lowest BCUT2D eigenvalue weighted by molar-refractivity contribution is 0.937. The molecule has 1 rings (SSSR count). The van der Waals surface area contributed by atoms with Gasteiger partial charge < -0.3 is 5.73 Å². The minimum Gasteiger partial charge on any atom is -0.326 e. The van der Waals surface area contributed by atoms with Gasteiger partial charge in [0, 0.05) is 24.5 Å². The van der Waals surface area contributed by atoms with Crippen LogP contribution in [0.1, 0.15) is 5.56 Å². The van der Waals surface area contributed by atoms with E-state index in [0.29, 0.717) is 6.54 Å². The monoisotopic (exact) mass is 149 g/mol. The molecule has 0 aliphatic carbocycles. The van der Waals surface area contributed by atoms with Crippen LogP contribution in [0.3, 0.4) is 0 Å². The van der Waals surface area contributed by atoms with Crippen molar-refractivity contribution in [3.8, 4) is 0 Å². The predicted molar refractivity (Wildman–Crippen MR) is 46.7 cm³/mol. The number of nitrogens with two attached hydrogens (primary N) is 1. The number of aromatic nitrogens is 2. The molecule has 0 unspecified atom stereocenters. The Morgan fingerprint density at radius 1 is 1.82 bits per heavy atom. The van der Waals surface area contributed by atoms with E-state index in [2.05, 4.69) is 18.3 Å². The Balaban J connectivity index is 2.88. The molecular formula is C8H11N3. The maximum absolute atomic E-state index is 5.39. The van der Waals surface area contributed by atoms with Gasteiger partial charge in [-0.25, -0.2) is 4.68 Å². The molecule has 1 aromatic rings. The van der Waals surface area contributed by atoms with E-state index in [1.807, 2.05) is 6.20 Å². The second-order valence-electron chi connectivity index (χ2n) is 2.20. The van der Waals surface area contributed by atoms with Crippen molar-refractivity contribution < 1.29 is 0 Å². The van der Waals surface area contributed by atoms with Crippen molar-refractivity contribution in [2.75, 3.05) is 6.54 Å². The van der Waals surface area contributed by atoms with Gasteiger partial charge in [-0.2, -0.15) is 5.10 Å². The quantitative estimate of drug-likeness (QED) is 0.695. The molecule has 0 bridgehead atoms. The van der Waals surface area contributed by atoms with Crippen LogP contribution in [0.2, 0.25) is 0 Å². The molecule has 0 amide bonds. The summed E-state index contributed by atoms with van der Waals surface area (Å²) in [5, 5.41) is 3.99. The third-order valence-corrected chi connectivity index (χ3v) is 1.44. The van der Waals surface area contributed by atoms with Crippen LogP contribution < -0.4 is 5.73 Å². The van der Waals surface area contributed by atoms with Gasteiger partial charge in [0.2, 0.25) is 0 Å². The molecule has 0 atom stereocenters. The Morgan fingerprint density at radius 2 is 2.55 bits per heavy atom. The first-order valence-electron chi connectivity index (χ1n) is 3.33. The number of hydrogen-bond acceptors (Lipinski definition) is 2. The summed E-state index contributed by atoms with van der Waals surface area (Å²) in [7, 11) is 0. The zero-order valence-corrected chi connectivity index (χ0v) is 6.33. The van der Waals surface area contributed by atoms with Crippen LogP contribution in [0.25, 0.3) is 11.8 Å². The lowest BCUT2D eigenvalue weighted by Gasteiger charge is -1.94. The molecule has 0 saturated carbocycles. The van der Waals surface area contributed by atoms with Crippen LogP contribution in [0, 0.1) is 0 Å². The minimum atomic E-state index is 0.461. The van der Waals surface area contributed by atoms with E-state index in [0.717, 1.165) is 11.1 Å². The molecule has 1 heterocycles. The third-order valence-electron chi connectivity index (χ3n) is 1.44. The summed E-state index contributed by atoms with van der Waals surface area (Å²) in [6.07, 6.45) is 5.17. The first kappa shape index (κ1) is 7.75. The number of hydrogen-bond donors (Lipinski definition) is 1. The Labute approximate surface area is 65.8 Å². The molecule has 2 N–H and O–H groups in total. The summed E-state index contributed by atoms with van der Waals surface area (Å²) >= 11 is 0. The molecule has 3 nitrogen and oxygen atoms in total. The fourth-order valence-corrected chi connectivity index (χ4v) is 0.738. The van der Waals surface area contributed by atoms with Crippen LogP contribution in [0.15, 0.2) is 25.6 Å². The van der Waals surface area contributed by atoms with Crippen molar-refractivity contribution in [3.05, 3.63) is 31.1 Å². The Bertz CT molecular complexity index is 273. The summed E-state index contributed by atoms with van der Waals surface area (Å²) in [5.74, 6) is 0. The molecule has 0 aromatic carbocycles. The number of rotatable bonds is 3. The molecule has 0 saturated heterocycles. The maximum atomic E-state index is 5.39. The standard InChI is InChI=1S/C8H11N3/c1-3-11-6-8(5-10-11)7(2)4-9/h3,5-6H,1-2,4,9H2. The van der Waals surface area contributed by atoms with E-state index in [1.165, 1.54) is 0 Å². The highest BCUT2D eigenvalue weighted by Crippen LogP contribution is 2.08. The van der Waals surface area contributed by atoms with Crippen molar-refractivity contribution in [2.45, 2.75) is 0 Å². The Morgan fingerprint density at radius 3 is 3.00 bits per heavy atom. The van der Waals surface area contributed by atoms with Crippen molar-refractivity contribution in [1.29, 1.82) is 0 Å². The van der Waals surface area contributed by atoms with Gasteiger partial charge in [-0.15, -0.1) is 0 Å². The molecule has 0 aliphatic heterocycles.